The minimum absolute atomic E-state index is 0.0950. The molecule has 7 heteroatoms. The fraction of sp³-hybridized carbons (Fsp3) is 0.267. The second kappa shape index (κ2) is 6.46. The van der Waals surface area contributed by atoms with Gasteiger partial charge in [0.2, 0.25) is 5.91 Å². The summed E-state index contributed by atoms with van der Waals surface area (Å²) in [5, 5.41) is 2.22. The third-order valence-electron chi connectivity index (χ3n) is 3.01. The van der Waals surface area contributed by atoms with Gasteiger partial charge in [0.05, 0.1) is 17.7 Å². The van der Waals surface area contributed by atoms with Crippen LogP contribution in [-0.4, -0.2) is 15.5 Å². The number of rotatable bonds is 4. The van der Waals surface area contributed by atoms with Crippen LogP contribution in [0.2, 0.25) is 0 Å². The van der Waals surface area contributed by atoms with Crippen molar-refractivity contribution < 1.29 is 13.6 Å². The molecule has 0 aliphatic carbocycles. The molecule has 0 saturated carbocycles. The summed E-state index contributed by atoms with van der Waals surface area (Å²) in [7, 11) is 0. The Morgan fingerprint density at radius 1 is 1.32 bits per heavy atom. The normalized spacial score (nSPS) is 10.8. The van der Waals surface area contributed by atoms with E-state index in [1.165, 1.54) is 12.4 Å². The van der Waals surface area contributed by atoms with E-state index in [0.29, 0.717) is 5.69 Å². The highest BCUT2D eigenvalue weighted by Crippen LogP contribution is 2.15. The van der Waals surface area contributed by atoms with E-state index in [9.17, 15) is 18.4 Å². The van der Waals surface area contributed by atoms with Crippen molar-refractivity contribution in [1.82, 2.24) is 9.55 Å². The molecule has 0 atom stereocenters. The Bertz CT molecular complexity index is 757. The van der Waals surface area contributed by atoms with Crippen molar-refractivity contribution in [3.05, 3.63) is 58.3 Å². The summed E-state index contributed by atoms with van der Waals surface area (Å²) in [4.78, 5) is 27.8. The lowest BCUT2D eigenvalue weighted by Crippen LogP contribution is -2.28. The molecule has 0 radical (unpaired) electrons. The number of hydrogen-bond acceptors (Lipinski definition) is 3. The van der Waals surface area contributed by atoms with Gasteiger partial charge in [0.25, 0.3) is 5.56 Å². The van der Waals surface area contributed by atoms with Gasteiger partial charge in [-0.3, -0.25) is 14.2 Å². The molecule has 2 rings (SSSR count). The van der Waals surface area contributed by atoms with Crippen molar-refractivity contribution in [2.24, 2.45) is 0 Å². The molecule has 0 bridgehead atoms. The topological polar surface area (TPSA) is 64.0 Å². The fourth-order valence-corrected chi connectivity index (χ4v) is 1.81. The molecule has 22 heavy (non-hydrogen) atoms. The molecule has 1 aromatic heterocycles. The third-order valence-corrected chi connectivity index (χ3v) is 3.01. The summed E-state index contributed by atoms with van der Waals surface area (Å²) in [6.07, 6.45) is 1.26. The van der Waals surface area contributed by atoms with Gasteiger partial charge in [-0.05, 0) is 18.1 Å². The number of carbonyl (C=O) groups is 1. The summed E-state index contributed by atoms with van der Waals surface area (Å²) in [6, 6.07) is 4.08. The van der Waals surface area contributed by atoms with Gasteiger partial charge in [0.15, 0.2) is 0 Å². The Hall–Kier alpha value is -2.57. The summed E-state index contributed by atoms with van der Waals surface area (Å²) in [5.74, 6) is -1.98. The summed E-state index contributed by atoms with van der Waals surface area (Å²) >= 11 is 0. The number of carbonyl (C=O) groups excluding carboxylic acids is 1. The SMILES string of the molecule is CC(C)c1cc(=O)n(CC(=O)Nc2cc(F)ccc2F)cn1. The molecule has 2 aromatic rings. The molecule has 0 saturated heterocycles. The zero-order valence-corrected chi connectivity index (χ0v) is 12.1. The second-order valence-corrected chi connectivity index (χ2v) is 5.11. The lowest BCUT2D eigenvalue weighted by atomic mass is 10.1. The summed E-state index contributed by atoms with van der Waals surface area (Å²) in [5.41, 5.74) is -0.0313. The van der Waals surface area contributed by atoms with Gasteiger partial charge >= 0.3 is 0 Å². The molecule has 116 valence electrons. The van der Waals surface area contributed by atoms with Gasteiger partial charge in [0, 0.05) is 12.1 Å². The molecular weight excluding hydrogens is 292 g/mol. The quantitative estimate of drug-likeness (QED) is 0.942. The average Bonchev–Trinajstić information content (AvgIpc) is 2.45. The molecule has 0 aliphatic heterocycles. The Morgan fingerprint density at radius 3 is 2.68 bits per heavy atom. The van der Waals surface area contributed by atoms with Crippen molar-refractivity contribution in [2.75, 3.05) is 5.32 Å². The van der Waals surface area contributed by atoms with Crippen molar-refractivity contribution in [1.29, 1.82) is 0 Å². The van der Waals surface area contributed by atoms with Crippen LogP contribution in [0.1, 0.15) is 25.5 Å². The Kier molecular flexibility index (Phi) is 4.65. The molecule has 5 nitrogen and oxygen atoms in total. The van der Waals surface area contributed by atoms with Crippen LogP contribution in [0.4, 0.5) is 14.5 Å². The van der Waals surface area contributed by atoms with Crippen LogP contribution in [0.25, 0.3) is 0 Å². The second-order valence-electron chi connectivity index (χ2n) is 5.11. The van der Waals surface area contributed by atoms with Crippen LogP contribution < -0.4 is 10.9 Å². The lowest BCUT2D eigenvalue weighted by Gasteiger charge is -2.09. The number of nitrogens with zero attached hydrogens (tertiary/aromatic N) is 2. The molecule has 0 unspecified atom stereocenters. The molecular formula is C15H15F2N3O2. The van der Waals surface area contributed by atoms with E-state index < -0.39 is 17.5 Å². The zero-order chi connectivity index (χ0) is 16.3. The van der Waals surface area contributed by atoms with E-state index in [-0.39, 0.29) is 23.7 Å². The highest BCUT2D eigenvalue weighted by Gasteiger charge is 2.11. The monoisotopic (exact) mass is 307 g/mol. The Balaban J connectivity index is 2.12. The molecule has 0 aliphatic rings. The largest absolute Gasteiger partial charge is 0.322 e. The number of benzene rings is 1. The van der Waals surface area contributed by atoms with Crippen molar-refractivity contribution in [3.63, 3.8) is 0 Å². The number of halogens is 2. The predicted molar refractivity (Wildman–Crippen MR) is 77.6 cm³/mol. The van der Waals surface area contributed by atoms with Gasteiger partial charge in [-0.1, -0.05) is 13.8 Å². The molecule has 1 heterocycles. The van der Waals surface area contributed by atoms with Gasteiger partial charge in [0.1, 0.15) is 18.2 Å². The molecule has 1 N–H and O–H groups in total. The van der Waals surface area contributed by atoms with Gasteiger partial charge in [-0.2, -0.15) is 0 Å². The average molecular weight is 307 g/mol. The Morgan fingerprint density at radius 2 is 2.05 bits per heavy atom. The van der Waals surface area contributed by atoms with Crippen LogP contribution >= 0.6 is 0 Å². The molecule has 1 aromatic carbocycles. The van der Waals surface area contributed by atoms with Crippen LogP contribution in [0.5, 0.6) is 0 Å². The smallest absolute Gasteiger partial charge is 0.254 e. The zero-order valence-electron chi connectivity index (χ0n) is 12.1. The van der Waals surface area contributed by atoms with E-state index in [1.54, 1.807) is 0 Å². The third kappa shape index (κ3) is 3.75. The fourth-order valence-electron chi connectivity index (χ4n) is 1.81. The summed E-state index contributed by atoms with van der Waals surface area (Å²) < 4.78 is 27.5. The van der Waals surface area contributed by atoms with E-state index in [2.05, 4.69) is 10.3 Å². The number of aromatic nitrogens is 2. The highest BCUT2D eigenvalue weighted by atomic mass is 19.1. The van der Waals surface area contributed by atoms with Crippen LogP contribution in [0.3, 0.4) is 0 Å². The number of anilines is 1. The van der Waals surface area contributed by atoms with Crippen LogP contribution in [-0.2, 0) is 11.3 Å². The standard InChI is InChI=1S/C15H15F2N3O2/c1-9(2)12-6-15(22)20(8-18-12)7-14(21)19-13-5-10(16)3-4-11(13)17/h3-6,8-9H,7H2,1-2H3,(H,19,21). The highest BCUT2D eigenvalue weighted by molar-refractivity contribution is 5.90. The minimum Gasteiger partial charge on any atom is -0.322 e. The van der Waals surface area contributed by atoms with Crippen LogP contribution in [0, 0.1) is 11.6 Å². The van der Waals surface area contributed by atoms with E-state index >= 15 is 0 Å². The number of hydrogen-bond donors (Lipinski definition) is 1. The maximum Gasteiger partial charge on any atom is 0.254 e. The first-order chi connectivity index (χ1) is 10.4. The number of amides is 1. The molecule has 0 spiro atoms. The molecule has 1 amide bonds. The first kappa shape index (κ1) is 15.8. The Labute approximate surface area is 125 Å². The maximum absolute atomic E-state index is 13.4. The maximum atomic E-state index is 13.4. The van der Waals surface area contributed by atoms with E-state index in [1.807, 2.05) is 13.8 Å². The lowest BCUT2D eigenvalue weighted by molar-refractivity contribution is -0.116. The van der Waals surface area contributed by atoms with Crippen LogP contribution in [0.15, 0.2) is 35.4 Å². The van der Waals surface area contributed by atoms with Gasteiger partial charge in [-0.15, -0.1) is 0 Å². The number of nitrogens with one attached hydrogen (secondary N) is 1. The van der Waals surface area contributed by atoms with E-state index in [0.717, 1.165) is 22.8 Å². The van der Waals surface area contributed by atoms with E-state index in [4.69, 9.17) is 0 Å². The van der Waals surface area contributed by atoms with Gasteiger partial charge in [-0.25, -0.2) is 13.8 Å². The molecule has 0 fully saturated rings. The first-order valence-corrected chi connectivity index (χ1v) is 6.68. The van der Waals surface area contributed by atoms with Crippen molar-refractivity contribution >= 4 is 11.6 Å². The van der Waals surface area contributed by atoms with Crippen molar-refractivity contribution in [3.8, 4) is 0 Å². The summed E-state index contributed by atoms with van der Waals surface area (Å²) in [6.45, 7) is 3.46. The van der Waals surface area contributed by atoms with Gasteiger partial charge < -0.3 is 5.32 Å². The van der Waals surface area contributed by atoms with Crippen molar-refractivity contribution in [2.45, 2.75) is 26.3 Å². The minimum atomic E-state index is -0.754. The first-order valence-electron chi connectivity index (χ1n) is 6.68. The predicted octanol–water partition coefficient (Wildman–Crippen LogP) is 2.28.